The molecule has 2 aromatic carbocycles. The molecule has 0 N–H and O–H groups in total. The molecule has 1 radical (unpaired) electrons. The van der Waals surface area contributed by atoms with Crippen LogP contribution in [0.25, 0.3) is 16.8 Å². The zero-order chi connectivity index (χ0) is 11.0. The van der Waals surface area contributed by atoms with Crippen LogP contribution < -0.4 is 0 Å². The summed E-state index contributed by atoms with van der Waals surface area (Å²) in [5, 5.41) is 2.33. The van der Waals surface area contributed by atoms with Gasteiger partial charge in [-0.15, -0.1) is 0 Å². The fourth-order valence-electron chi connectivity index (χ4n) is 2.23. The molecule has 16 heavy (non-hydrogen) atoms. The molecule has 2 nitrogen and oxygen atoms in total. The normalized spacial score (nSPS) is 17.4. The van der Waals surface area contributed by atoms with E-state index in [0.717, 1.165) is 10.9 Å². The largest absolute Gasteiger partial charge is 0.445 e. The van der Waals surface area contributed by atoms with Crippen molar-refractivity contribution in [2.45, 2.75) is 6.10 Å². The lowest BCUT2D eigenvalue weighted by molar-refractivity contribution is 0.224. The molecule has 0 aromatic heterocycles. The Balaban J connectivity index is 2.31. The third kappa shape index (κ3) is 1.23. The van der Waals surface area contributed by atoms with Gasteiger partial charge in [-0.2, -0.15) is 0 Å². The number of carbonyl (C=O) groups excluding carboxylic acids is 1. The summed E-state index contributed by atoms with van der Waals surface area (Å²) < 4.78 is 4.94. The highest BCUT2D eigenvalue weighted by Crippen LogP contribution is 2.34. The van der Waals surface area contributed by atoms with Crippen molar-refractivity contribution in [2.75, 3.05) is 0 Å². The second-order valence-electron chi connectivity index (χ2n) is 3.77. The first-order chi connectivity index (χ1) is 7.90. The minimum Gasteiger partial charge on any atom is -0.445 e. The van der Waals surface area contributed by atoms with Gasteiger partial charge in [0.2, 0.25) is 0 Å². The first-order valence-electron chi connectivity index (χ1n) is 5.13. The van der Waals surface area contributed by atoms with E-state index in [2.05, 4.69) is 18.2 Å². The van der Waals surface area contributed by atoms with Crippen LogP contribution in [0, 0.1) is 0 Å². The van der Waals surface area contributed by atoms with Gasteiger partial charge in [0.1, 0.15) is 6.10 Å². The topological polar surface area (TPSA) is 26.3 Å². The summed E-state index contributed by atoms with van der Waals surface area (Å²) in [6.45, 7) is 1.51. The van der Waals surface area contributed by atoms with Crippen LogP contribution >= 0.6 is 0 Å². The van der Waals surface area contributed by atoms with Crippen molar-refractivity contribution < 1.29 is 9.53 Å². The van der Waals surface area contributed by atoms with Crippen LogP contribution in [0.2, 0.25) is 0 Å². The number of hydrogen-bond donors (Lipinski definition) is 0. The Morgan fingerprint density at radius 2 is 1.94 bits per heavy atom. The summed E-state index contributed by atoms with van der Waals surface area (Å²) in [6.07, 6.45) is 3.55. The maximum absolute atomic E-state index is 10.3. The summed E-state index contributed by atoms with van der Waals surface area (Å²) in [4.78, 5) is 10.3. The Hall–Kier alpha value is -2.09. The van der Waals surface area contributed by atoms with Crippen molar-refractivity contribution in [1.82, 2.24) is 0 Å². The van der Waals surface area contributed by atoms with Crippen molar-refractivity contribution in [3.05, 3.63) is 53.6 Å². The van der Waals surface area contributed by atoms with Crippen molar-refractivity contribution >= 4 is 23.3 Å². The number of ether oxygens (including phenoxy) is 1. The van der Waals surface area contributed by atoms with Crippen LogP contribution in [-0.2, 0) is 9.53 Å². The fourth-order valence-corrected chi connectivity index (χ4v) is 2.23. The Kier molecular flexibility index (Phi) is 2.00. The second-order valence-corrected chi connectivity index (χ2v) is 3.77. The van der Waals surface area contributed by atoms with Crippen LogP contribution in [0.1, 0.15) is 17.2 Å². The van der Waals surface area contributed by atoms with E-state index in [1.807, 2.05) is 30.4 Å². The van der Waals surface area contributed by atoms with E-state index in [0.29, 0.717) is 0 Å². The Labute approximate surface area is 93.2 Å². The molecule has 1 aliphatic carbocycles. The van der Waals surface area contributed by atoms with E-state index in [1.54, 1.807) is 0 Å². The molecule has 77 valence electrons. The number of hydrogen-bond acceptors (Lipinski definition) is 2. The van der Waals surface area contributed by atoms with E-state index >= 15 is 0 Å². The molecule has 0 spiro atoms. The van der Waals surface area contributed by atoms with Crippen LogP contribution in [0.3, 0.4) is 0 Å². The molecule has 1 aliphatic rings. The van der Waals surface area contributed by atoms with Crippen molar-refractivity contribution in [3.8, 4) is 0 Å². The van der Waals surface area contributed by atoms with E-state index in [9.17, 15) is 4.79 Å². The van der Waals surface area contributed by atoms with E-state index in [4.69, 9.17) is 4.74 Å². The molecule has 3 rings (SSSR count). The van der Waals surface area contributed by atoms with Crippen LogP contribution in [0.5, 0.6) is 0 Å². The molecule has 0 aliphatic heterocycles. The van der Waals surface area contributed by atoms with Gasteiger partial charge in [0.15, 0.2) is 0 Å². The van der Waals surface area contributed by atoms with Crippen molar-refractivity contribution in [3.63, 3.8) is 0 Å². The maximum Gasteiger partial charge on any atom is 0.418 e. The third-order valence-corrected chi connectivity index (χ3v) is 2.90. The smallest absolute Gasteiger partial charge is 0.418 e. The highest BCUT2D eigenvalue weighted by atomic mass is 16.5. The van der Waals surface area contributed by atoms with Gasteiger partial charge in [-0.25, -0.2) is 4.79 Å². The van der Waals surface area contributed by atoms with Gasteiger partial charge >= 0.3 is 6.47 Å². The van der Waals surface area contributed by atoms with Gasteiger partial charge in [-0.1, -0.05) is 42.5 Å². The summed E-state index contributed by atoms with van der Waals surface area (Å²) in [7, 11) is 0. The zero-order valence-electron chi connectivity index (χ0n) is 8.51. The molecule has 2 aromatic rings. The molecule has 2 heteroatoms. The van der Waals surface area contributed by atoms with Gasteiger partial charge in [0.05, 0.1) is 0 Å². The Morgan fingerprint density at radius 1 is 1.12 bits per heavy atom. The molecule has 0 saturated carbocycles. The first-order valence-corrected chi connectivity index (χ1v) is 5.13. The lowest BCUT2D eigenvalue weighted by Gasteiger charge is -2.19. The van der Waals surface area contributed by atoms with E-state index < -0.39 is 0 Å². The third-order valence-electron chi connectivity index (χ3n) is 2.90. The minimum absolute atomic E-state index is 0.309. The molecule has 0 saturated heterocycles. The van der Waals surface area contributed by atoms with Gasteiger partial charge in [-0.3, -0.25) is 0 Å². The lowest BCUT2D eigenvalue weighted by Crippen LogP contribution is -2.04. The SMILES string of the molecule is O=[C]OC1C=Cc2cccc3cccc1c23. The number of benzene rings is 2. The average Bonchev–Trinajstić information content (AvgIpc) is 2.33. The Bertz CT molecular complexity index is 579. The Morgan fingerprint density at radius 3 is 2.75 bits per heavy atom. The first kappa shape index (κ1) is 9.16. The molecule has 0 bridgehead atoms. The van der Waals surface area contributed by atoms with Crippen LogP contribution in [0.15, 0.2) is 42.5 Å². The molecular weight excluding hydrogens is 200 g/mol. The fraction of sp³-hybridized carbons (Fsp3) is 0.0714. The molecule has 0 heterocycles. The maximum atomic E-state index is 10.3. The molecule has 1 unspecified atom stereocenters. The van der Waals surface area contributed by atoms with E-state index in [-0.39, 0.29) is 6.10 Å². The standard InChI is InChI=1S/C14H9O2/c15-9-16-13-8-7-11-4-1-3-10-5-2-6-12(13)14(10)11/h1-8,13H. The zero-order valence-corrected chi connectivity index (χ0v) is 8.51. The van der Waals surface area contributed by atoms with Gasteiger partial charge < -0.3 is 4.74 Å². The second kappa shape index (κ2) is 3.49. The van der Waals surface area contributed by atoms with E-state index in [1.165, 1.54) is 17.4 Å². The molecular formula is C14H9O2. The summed E-state index contributed by atoms with van der Waals surface area (Å²) in [6, 6.07) is 12.2. The van der Waals surface area contributed by atoms with Gasteiger partial charge in [0.25, 0.3) is 0 Å². The highest BCUT2D eigenvalue weighted by Gasteiger charge is 2.17. The predicted octanol–water partition coefficient (Wildman–Crippen LogP) is 2.99. The quantitative estimate of drug-likeness (QED) is 0.760. The lowest BCUT2D eigenvalue weighted by atomic mass is 9.91. The summed E-state index contributed by atoms with van der Waals surface area (Å²) in [5.41, 5.74) is 2.19. The van der Waals surface area contributed by atoms with Crippen molar-refractivity contribution in [2.24, 2.45) is 0 Å². The number of rotatable bonds is 2. The molecule has 0 amide bonds. The predicted molar refractivity (Wildman–Crippen MR) is 62.5 cm³/mol. The summed E-state index contributed by atoms with van der Waals surface area (Å²) >= 11 is 0. The van der Waals surface area contributed by atoms with Crippen LogP contribution in [0.4, 0.5) is 0 Å². The van der Waals surface area contributed by atoms with Gasteiger partial charge in [0, 0.05) is 5.56 Å². The summed E-state index contributed by atoms with van der Waals surface area (Å²) in [5.74, 6) is 0. The minimum atomic E-state index is -0.309. The highest BCUT2D eigenvalue weighted by molar-refractivity contribution is 5.95. The molecule has 1 atom stereocenters. The average molecular weight is 209 g/mol. The monoisotopic (exact) mass is 209 g/mol. The molecule has 0 fully saturated rings. The van der Waals surface area contributed by atoms with Gasteiger partial charge in [-0.05, 0) is 22.4 Å². The van der Waals surface area contributed by atoms with Crippen molar-refractivity contribution in [1.29, 1.82) is 0 Å². The van der Waals surface area contributed by atoms with Crippen LogP contribution in [-0.4, -0.2) is 6.47 Å².